The van der Waals surface area contributed by atoms with Gasteiger partial charge in [0.25, 0.3) is 11.8 Å². The number of nitrogens with one attached hydrogen (secondary N) is 2. The van der Waals surface area contributed by atoms with Gasteiger partial charge in [-0.05, 0) is 54.4 Å². The van der Waals surface area contributed by atoms with Crippen LogP contribution >= 0.6 is 15.9 Å². The lowest BCUT2D eigenvalue weighted by Crippen LogP contribution is -2.28. The summed E-state index contributed by atoms with van der Waals surface area (Å²) in [6, 6.07) is 22.5. The number of halogens is 1. The second kappa shape index (κ2) is 10.1. The first-order valence-electron chi connectivity index (χ1n) is 9.64. The molecule has 0 aliphatic heterocycles. The predicted molar refractivity (Wildman–Crippen MR) is 125 cm³/mol. The van der Waals surface area contributed by atoms with E-state index in [1.54, 1.807) is 24.3 Å². The van der Waals surface area contributed by atoms with Crippen molar-refractivity contribution >= 4 is 39.1 Å². The number of amides is 2. The second-order valence-corrected chi connectivity index (χ2v) is 7.99. The van der Waals surface area contributed by atoms with Crippen molar-refractivity contribution in [1.29, 1.82) is 0 Å². The van der Waals surface area contributed by atoms with Crippen molar-refractivity contribution in [2.75, 3.05) is 30.9 Å². The van der Waals surface area contributed by atoms with Crippen LogP contribution in [0.3, 0.4) is 0 Å². The van der Waals surface area contributed by atoms with Crippen LogP contribution in [-0.2, 0) is 6.42 Å². The van der Waals surface area contributed by atoms with E-state index in [0.717, 1.165) is 16.6 Å². The van der Waals surface area contributed by atoms with Gasteiger partial charge in [-0.25, -0.2) is 0 Å². The van der Waals surface area contributed by atoms with E-state index in [0.29, 0.717) is 23.4 Å². The average molecular weight is 466 g/mol. The summed E-state index contributed by atoms with van der Waals surface area (Å²) in [4.78, 5) is 27.2. The summed E-state index contributed by atoms with van der Waals surface area (Å²) in [5.74, 6) is -0.398. The molecule has 0 saturated carbocycles. The fourth-order valence-corrected chi connectivity index (χ4v) is 3.31. The fraction of sp³-hybridized carbons (Fsp3) is 0.167. The molecule has 5 nitrogen and oxygen atoms in total. The normalized spacial score (nSPS) is 10.4. The lowest BCUT2D eigenvalue weighted by Gasteiger charge is -2.18. The molecule has 3 rings (SSSR count). The summed E-state index contributed by atoms with van der Waals surface area (Å²) in [5.41, 5.74) is 3.59. The van der Waals surface area contributed by atoms with E-state index in [4.69, 9.17) is 0 Å². The summed E-state index contributed by atoms with van der Waals surface area (Å²) in [6.45, 7) is 0.533. The third-order valence-electron chi connectivity index (χ3n) is 4.63. The quantitative estimate of drug-likeness (QED) is 0.529. The van der Waals surface area contributed by atoms with Gasteiger partial charge in [0.1, 0.15) is 0 Å². The monoisotopic (exact) mass is 465 g/mol. The van der Waals surface area contributed by atoms with Gasteiger partial charge in [0.15, 0.2) is 0 Å². The molecule has 0 saturated heterocycles. The maximum Gasteiger partial charge on any atom is 0.255 e. The van der Waals surface area contributed by atoms with Crippen molar-refractivity contribution in [3.05, 3.63) is 94.0 Å². The Hall–Kier alpha value is -3.12. The zero-order chi connectivity index (χ0) is 21.5. The molecule has 0 unspecified atom stereocenters. The van der Waals surface area contributed by atoms with Crippen molar-refractivity contribution in [1.82, 2.24) is 5.32 Å². The van der Waals surface area contributed by atoms with Crippen LogP contribution < -0.4 is 15.5 Å². The van der Waals surface area contributed by atoms with Gasteiger partial charge in [-0.1, -0.05) is 46.3 Å². The van der Waals surface area contributed by atoms with Crippen LogP contribution in [0.15, 0.2) is 77.3 Å². The van der Waals surface area contributed by atoms with Crippen LogP contribution in [0.25, 0.3) is 0 Å². The number of hydrogen-bond donors (Lipinski definition) is 2. The molecular weight excluding hydrogens is 442 g/mol. The van der Waals surface area contributed by atoms with E-state index < -0.39 is 0 Å². The molecule has 0 atom stereocenters. The first-order valence-corrected chi connectivity index (χ1v) is 10.4. The third kappa shape index (κ3) is 5.70. The molecule has 0 radical (unpaired) electrons. The van der Waals surface area contributed by atoms with Gasteiger partial charge in [-0.3, -0.25) is 9.59 Å². The highest BCUT2D eigenvalue weighted by Crippen LogP contribution is 2.23. The minimum Gasteiger partial charge on any atom is -0.377 e. The molecule has 3 aromatic rings. The molecule has 0 fully saturated rings. The van der Waals surface area contributed by atoms with Gasteiger partial charge in [-0.15, -0.1) is 0 Å². The molecule has 0 aromatic heterocycles. The minimum absolute atomic E-state index is 0.172. The first kappa shape index (κ1) is 21.6. The zero-order valence-electron chi connectivity index (χ0n) is 17.0. The fourth-order valence-electron chi connectivity index (χ4n) is 3.05. The molecule has 3 aromatic carbocycles. The molecule has 0 aliphatic carbocycles. The summed E-state index contributed by atoms with van der Waals surface area (Å²) in [5, 5.41) is 5.85. The van der Waals surface area contributed by atoms with Crippen LogP contribution in [-0.4, -0.2) is 32.5 Å². The van der Waals surface area contributed by atoms with Crippen LogP contribution in [0.1, 0.15) is 26.3 Å². The van der Waals surface area contributed by atoms with Gasteiger partial charge in [0.2, 0.25) is 0 Å². The smallest absolute Gasteiger partial charge is 0.255 e. The topological polar surface area (TPSA) is 61.4 Å². The molecule has 0 heterocycles. The molecule has 2 amide bonds. The lowest BCUT2D eigenvalue weighted by atomic mass is 10.1. The van der Waals surface area contributed by atoms with Crippen LogP contribution in [0, 0.1) is 0 Å². The largest absolute Gasteiger partial charge is 0.377 e. The van der Waals surface area contributed by atoms with Crippen LogP contribution in [0.2, 0.25) is 0 Å². The number of carbonyl (C=O) groups is 2. The Balaban J connectivity index is 1.72. The van der Waals surface area contributed by atoms with E-state index in [-0.39, 0.29) is 11.8 Å². The molecule has 0 bridgehead atoms. The Bertz CT molecular complexity index is 1020. The number of benzene rings is 3. The lowest BCUT2D eigenvalue weighted by molar-refractivity contribution is 0.0953. The highest BCUT2D eigenvalue weighted by molar-refractivity contribution is 9.10. The Labute approximate surface area is 185 Å². The summed E-state index contributed by atoms with van der Waals surface area (Å²) in [6.07, 6.45) is 0.754. The van der Waals surface area contributed by atoms with Gasteiger partial charge in [0.05, 0.1) is 5.56 Å². The number of hydrogen-bond acceptors (Lipinski definition) is 3. The molecule has 30 heavy (non-hydrogen) atoms. The number of carbonyl (C=O) groups excluding carboxylic acids is 2. The summed E-state index contributed by atoms with van der Waals surface area (Å²) < 4.78 is 0.906. The van der Waals surface area contributed by atoms with Crippen molar-refractivity contribution in [3.63, 3.8) is 0 Å². The molecule has 0 aliphatic rings. The molecule has 2 N–H and O–H groups in total. The molecule has 154 valence electrons. The molecule has 0 spiro atoms. The van der Waals surface area contributed by atoms with Gasteiger partial charge in [-0.2, -0.15) is 0 Å². The molecule has 6 heteroatoms. The van der Waals surface area contributed by atoms with E-state index in [1.807, 2.05) is 67.5 Å². The highest BCUT2D eigenvalue weighted by atomic mass is 79.9. The highest BCUT2D eigenvalue weighted by Gasteiger charge is 2.15. The third-order valence-corrected chi connectivity index (χ3v) is 5.16. The van der Waals surface area contributed by atoms with Crippen LogP contribution in [0.4, 0.5) is 11.4 Å². The van der Waals surface area contributed by atoms with Gasteiger partial charge < -0.3 is 15.5 Å². The Morgan fingerprint density at radius 1 is 0.900 bits per heavy atom. The van der Waals surface area contributed by atoms with Gasteiger partial charge >= 0.3 is 0 Å². The maximum absolute atomic E-state index is 12.8. The van der Waals surface area contributed by atoms with E-state index in [1.165, 1.54) is 5.56 Å². The summed E-state index contributed by atoms with van der Waals surface area (Å²) >= 11 is 3.36. The van der Waals surface area contributed by atoms with Crippen molar-refractivity contribution in [2.24, 2.45) is 0 Å². The van der Waals surface area contributed by atoms with E-state index in [2.05, 4.69) is 26.6 Å². The maximum atomic E-state index is 12.8. The van der Waals surface area contributed by atoms with Crippen molar-refractivity contribution in [2.45, 2.75) is 6.42 Å². The number of rotatable bonds is 7. The Morgan fingerprint density at radius 3 is 2.27 bits per heavy atom. The SMILES string of the molecule is CN(C)c1ccc(NC(=O)c2ccc(Br)cc2)cc1C(=O)NCCc1ccccc1. The van der Waals surface area contributed by atoms with E-state index in [9.17, 15) is 9.59 Å². The van der Waals surface area contributed by atoms with Gasteiger partial charge in [0, 0.05) is 42.1 Å². The minimum atomic E-state index is -0.226. The zero-order valence-corrected chi connectivity index (χ0v) is 18.6. The first-order chi connectivity index (χ1) is 14.4. The van der Waals surface area contributed by atoms with Crippen LogP contribution in [0.5, 0.6) is 0 Å². The Morgan fingerprint density at radius 2 is 1.60 bits per heavy atom. The Kier molecular flexibility index (Phi) is 7.25. The number of nitrogens with zero attached hydrogens (tertiary/aromatic N) is 1. The average Bonchev–Trinajstić information content (AvgIpc) is 2.74. The van der Waals surface area contributed by atoms with Crippen molar-refractivity contribution in [3.8, 4) is 0 Å². The molecular formula is C24H24BrN3O2. The van der Waals surface area contributed by atoms with Crippen molar-refractivity contribution < 1.29 is 9.59 Å². The predicted octanol–water partition coefficient (Wildman–Crippen LogP) is 4.74. The summed E-state index contributed by atoms with van der Waals surface area (Å²) in [7, 11) is 3.77. The second-order valence-electron chi connectivity index (χ2n) is 7.08. The number of anilines is 2. The standard InChI is InChI=1S/C24H24BrN3O2/c1-28(2)22-13-12-20(27-23(29)18-8-10-19(25)11-9-18)16-21(22)24(30)26-15-14-17-6-4-3-5-7-17/h3-13,16H,14-15H2,1-2H3,(H,26,30)(H,27,29). The van der Waals surface area contributed by atoms with E-state index >= 15 is 0 Å².